The summed E-state index contributed by atoms with van der Waals surface area (Å²) in [4.78, 5) is 11.5. The molecule has 106 valence electrons. The molecule has 0 radical (unpaired) electrons. The molecule has 0 aromatic heterocycles. The fourth-order valence-electron chi connectivity index (χ4n) is 1.58. The van der Waals surface area contributed by atoms with Gasteiger partial charge in [-0.3, -0.25) is 4.79 Å². The van der Waals surface area contributed by atoms with E-state index in [0.29, 0.717) is 18.9 Å². The van der Waals surface area contributed by atoms with Crippen molar-refractivity contribution in [2.24, 2.45) is 0 Å². The summed E-state index contributed by atoms with van der Waals surface area (Å²) in [6, 6.07) is 6.83. The van der Waals surface area contributed by atoms with E-state index in [0.717, 1.165) is 5.75 Å². The number of benzene rings is 1. The maximum absolute atomic E-state index is 11.5. The van der Waals surface area contributed by atoms with Crippen LogP contribution in [0.5, 0.6) is 11.5 Å². The highest BCUT2D eigenvalue weighted by molar-refractivity contribution is 5.75. The molecule has 0 spiro atoms. The topological polar surface area (TPSA) is 56.8 Å². The maximum atomic E-state index is 11.5. The van der Waals surface area contributed by atoms with Crippen LogP contribution >= 0.6 is 0 Å². The van der Waals surface area contributed by atoms with Gasteiger partial charge in [0.1, 0.15) is 24.1 Å². The quantitative estimate of drug-likeness (QED) is 0.725. The molecule has 1 unspecified atom stereocenters. The summed E-state index contributed by atoms with van der Waals surface area (Å²) in [7, 11) is 1.36. The van der Waals surface area contributed by atoms with E-state index in [-0.39, 0.29) is 12.6 Å². The summed E-state index contributed by atoms with van der Waals surface area (Å²) >= 11 is 0. The van der Waals surface area contributed by atoms with Crippen LogP contribution < -0.4 is 14.8 Å². The maximum Gasteiger partial charge on any atom is 0.326 e. The van der Waals surface area contributed by atoms with Crippen LogP contribution in [0.2, 0.25) is 0 Å². The van der Waals surface area contributed by atoms with Gasteiger partial charge in [-0.05, 0) is 37.7 Å². The monoisotopic (exact) mass is 267 g/mol. The number of nitrogens with one attached hydrogen (secondary N) is 1. The molecular formula is C14H21NO4. The van der Waals surface area contributed by atoms with Crippen LogP contribution in [0.1, 0.15) is 13.8 Å². The van der Waals surface area contributed by atoms with E-state index in [9.17, 15) is 4.79 Å². The van der Waals surface area contributed by atoms with Crippen LogP contribution in [0.4, 0.5) is 0 Å². The SMILES string of the molecule is CCNC(COc1ccc(OCC)cc1)C(=O)OC. The van der Waals surface area contributed by atoms with E-state index in [1.807, 2.05) is 38.1 Å². The number of ether oxygens (including phenoxy) is 3. The summed E-state index contributed by atoms with van der Waals surface area (Å²) in [5.74, 6) is 1.16. The van der Waals surface area contributed by atoms with Crippen LogP contribution in [0.15, 0.2) is 24.3 Å². The Bertz CT molecular complexity index is 378. The van der Waals surface area contributed by atoms with E-state index in [2.05, 4.69) is 5.32 Å². The molecule has 0 fully saturated rings. The van der Waals surface area contributed by atoms with E-state index >= 15 is 0 Å². The summed E-state index contributed by atoms with van der Waals surface area (Å²) in [5.41, 5.74) is 0. The molecule has 1 atom stereocenters. The van der Waals surface area contributed by atoms with Gasteiger partial charge >= 0.3 is 5.97 Å². The molecule has 1 rings (SSSR count). The second-order valence-electron chi connectivity index (χ2n) is 3.85. The minimum atomic E-state index is -0.457. The lowest BCUT2D eigenvalue weighted by Gasteiger charge is -2.16. The Morgan fingerprint density at radius 2 is 1.74 bits per heavy atom. The lowest BCUT2D eigenvalue weighted by Crippen LogP contribution is -2.42. The number of carbonyl (C=O) groups is 1. The van der Waals surface area contributed by atoms with Gasteiger partial charge in [0.25, 0.3) is 0 Å². The highest BCUT2D eigenvalue weighted by Crippen LogP contribution is 2.17. The molecular weight excluding hydrogens is 246 g/mol. The molecule has 1 aromatic rings. The number of methoxy groups -OCH3 is 1. The zero-order valence-corrected chi connectivity index (χ0v) is 11.6. The Morgan fingerprint density at radius 1 is 1.16 bits per heavy atom. The normalized spacial score (nSPS) is 11.7. The third-order valence-electron chi connectivity index (χ3n) is 2.49. The summed E-state index contributed by atoms with van der Waals surface area (Å²) in [5, 5.41) is 3.01. The minimum absolute atomic E-state index is 0.231. The first-order chi connectivity index (χ1) is 9.21. The molecule has 5 heteroatoms. The predicted molar refractivity (Wildman–Crippen MR) is 72.6 cm³/mol. The number of carbonyl (C=O) groups excluding carboxylic acids is 1. The highest BCUT2D eigenvalue weighted by atomic mass is 16.5. The Morgan fingerprint density at radius 3 is 2.21 bits per heavy atom. The average Bonchev–Trinajstić information content (AvgIpc) is 2.44. The van der Waals surface area contributed by atoms with Crippen molar-refractivity contribution in [2.45, 2.75) is 19.9 Å². The van der Waals surface area contributed by atoms with E-state index in [1.165, 1.54) is 7.11 Å². The average molecular weight is 267 g/mol. The standard InChI is InChI=1S/C14H21NO4/c1-4-15-13(14(16)17-3)10-19-12-8-6-11(7-9-12)18-5-2/h6-9,13,15H,4-5,10H2,1-3H3. The van der Waals surface area contributed by atoms with Crippen molar-refractivity contribution < 1.29 is 19.0 Å². The van der Waals surface area contributed by atoms with Crippen LogP contribution in [0, 0.1) is 0 Å². The first-order valence-corrected chi connectivity index (χ1v) is 6.38. The zero-order chi connectivity index (χ0) is 14.1. The molecule has 0 saturated heterocycles. The smallest absolute Gasteiger partial charge is 0.326 e. The fourth-order valence-corrected chi connectivity index (χ4v) is 1.58. The van der Waals surface area contributed by atoms with Gasteiger partial charge in [0.15, 0.2) is 0 Å². The molecule has 5 nitrogen and oxygen atoms in total. The van der Waals surface area contributed by atoms with Crippen LogP contribution in [0.3, 0.4) is 0 Å². The Labute approximate surface area is 113 Å². The Balaban J connectivity index is 2.51. The fraction of sp³-hybridized carbons (Fsp3) is 0.500. The van der Waals surface area contributed by atoms with Gasteiger partial charge in [-0.2, -0.15) is 0 Å². The molecule has 0 saturated carbocycles. The van der Waals surface area contributed by atoms with Gasteiger partial charge in [-0.15, -0.1) is 0 Å². The molecule has 1 aromatic carbocycles. The van der Waals surface area contributed by atoms with E-state index in [1.54, 1.807) is 0 Å². The minimum Gasteiger partial charge on any atom is -0.494 e. The van der Waals surface area contributed by atoms with Gasteiger partial charge in [0.05, 0.1) is 13.7 Å². The van der Waals surface area contributed by atoms with Gasteiger partial charge in [-0.1, -0.05) is 6.92 Å². The van der Waals surface area contributed by atoms with Crippen molar-refractivity contribution in [1.82, 2.24) is 5.32 Å². The summed E-state index contributed by atoms with van der Waals surface area (Å²) in [6.45, 7) is 5.39. The molecule has 0 heterocycles. The lowest BCUT2D eigenvalue weighted by atomic mass is 10.3. The Hall–Kier alpha value is -1.75. The van der Waals surface area contributed by atoms with Gasteiger partial charge in [-0.25, -0.2) is 0 Å². The van der Waals surface area contributed by atoms with Crippen molar-refractivity contribution in [3.8, 4) is 11.5 Å². The highest BCUT2D eigenvalue weighted by Gasteiger charge is 2.18. The number of likely N-dealkylation sites (N-methyl/N-ethyl adjacent to an activating group) is 1. The van der Waals surface area contributed by atoms with Crippen molar-refractivity contribution in [3.63, 3.8) is 0 Å². The van der Waals surface area contributed by atoms with Gasteiger partial charge < -0.3 is 19.5 Å². The van der Waals surface area contributed by atoms with Crippen molar-refractivity contribution in [1.29, 1.82) is 0 Å². The molecule has 1 N–H and O–H groups in total. The molecule has 19 heavy (non-hydrogen) atoms. The number of hydrogen-bond acceptors (Lipinski definition) is 5. The van der Waals surface area contributed by atoms with Crippen molar-refractivity contribution in [2.75, 3.05) is 26.9 Å². The zero-order valence-electron chi connectivity index (χ0n) is 11.6. The first kappa shape index (κ1) is 15.3. The van der Waals surface area contributed by atoms with Gasteiger partial charge in [0.2, 0.25) is 0 Å². The largest absolute Gasteiger partial charge is 0.494 e. The summed E-state index contributed by atoms with van der Waals surface area (Å²) in [6.07, 6.45) is 0. The number of hydrogen-bond donors (Lipinski definition) is 1. The summed E-state index contributed by atoms with van der Waals surface area (Å²) < 4.78 is 15.6. The predicted octanol–water partition coefficient (Wildman–Crippen LogP) is 1.62. The molecule has 0 aliphatic carbocycles. The molecule has 0 bridgehead atoms. The number of esters is 1. The van der Waals surface area contributed by atoms with E-state index < -0.39 is 6.04 Å². The first-order valence-electron chi connectivity index (χ1n) is 6.38. The van der Waals surface area contributed by atoms with Crippen LogP contribution in [-0.2, 0) is 9.53 Å². The third-order valence-corrected chi connectivity index (χ3v) is 2.49. The van der Waals surface area contributed by atoms with Crippen LogP contribution in [-0.4, -0.2) is 38.9 Å². The van der Waals surface area contributed by atoms with Crippen molar-refractivity contribution >= 4 is 5.97 Å². The lowest BCUT2D eigenvalue weighted by molar-refractivity contribution is -0.143. The Kier molecular flexibility index (Phi) is 6.74. The second kappa shape index (κ2) is 8.37. The van der Waals surface area contributed by atoms with Crippen molar-refractivity contribution in [3.05, 3.63) is 24.3 Å². The number of rotatable bonds is 8. The molecule has 0 aliphatic rings. The van der Waals surface area contributed by atoms with E-state index in [4.69, 9.17) is 14.2 Å². The van der Waals surface area contributed by atoms with Gasteiger partial charge in [0, 0.05) is 0 Å². The third kappa shape index (κ3) is 5.18. The second-order valence-corrected chi connectivity index (χ2v) is 3.85. The molecule has 0 amide bonds. The van der Waals surface area contributed by atoms with Crippen LogP contribution in [0.25, 0.3) is 0 Å². The molecule has 0 aliphatic heterocycles.